The van der Waals surface area contributed by atoms with Crippen LogP contribution in [0.5, 0.6) is 0 Å². The molecule has 36 heavy (non-hydrogen) atoms. The van der Waals surface area contributed by atoms with Crippen LogP contribution < -0.4 is 5.32 Å². The molecular weight excluding hydrogens is 454 g/mol. The lowest BCUT2D eigenvalue weighted by Crippen LogP contribution is -2.21. The van der Waals surface area contributed by atoms with Crippen molar-refractivity contribution in [3.63, 3.8) is 0 Å². The molecule has 0 bridgehead atoms. The van der Waals surface area contributed by atoms with Gasteiger partial charge in [0.15, 0.2) is 6.61 Å². The van der Waals surface area contributed by atoms with E-state index in [0.717, 1.165) is 16.7 Å². The molecule has 7 nitrogen and oxygen atoms in total. The number of furan rings is 1. The minimum Gasteiger partial charge on any atom is -0.452 e. The summed E-state index contributed by atoms with van der Waals surface area (Å²) in [6.45, 7) is 3.49. The molecule has 3 aromatic carbocycles. The molecular formula is C29H21N3O4. The summed E-state index contributed by atoms with van der Waals surface area (Å²) in [5.41, 5.74) is 5.42. The topological polar surface area (TPSA) is 105 Å². The van der Waals surface area contributed by atoms with Crippen LogP contribution in [-0.2, 0) is 9.53 Å². The third-order valence-electron chi connectivity index (χ3n) is 5.89. The Kier molecular flexibility index (Phi) is 5.93. The highest BCUT2D eigenvalue weighted by Crippen LogP contribution is 2.31. The number of aromatic nitrogens is 1. The molecule has 0 saturated carbocycles. The fourth-order valence-corrected chi connectivity index (χ4v) is 4.22. The summed E-state index contributed by atoms with van der Waals surface area (Å²) in [6, 6.07) is 23.9. The second-order valence-corrected chi connectivity index (χ2v) is 8.43. The van der Waals surface area contributed by atoms with Crippen molar-refractivity contribution in [3.05, 3.63) is 95.2 Å². The first-order valence-electron chi connectivity index (χ1n) is 11.3. The molecule has 0 aliphatic rings. The van der Waals surface area contributed by atoms with E-state index in [0.29, 0.717) is 33.1 Å². The van der Waals surface area contributed by atoms with Gasteiger partial charge in [-0.05, 0) is 43.7 Å². The number of rotatable bonds is 5. The molecule has 0 aliphatic carbocycles. The largest absolute Gasteiger partial charge is 0.452 e. The van der Waals surface area contributed by atoms with Gasteiger partial charge in [0, 0.05) is 16.3 Å². The summed E-state index contributed by atoms with van der Waals surface area (Å²) >= 11 is 0. The standard InChI is InChI=1S/C29H21N3O4/c1-17-11-12-19(18(2)13-17)24-14-22(20-7-3-5-9-23(20)31-24)29(34)35-16-27(33)32-28-21-8-4-6-10-25(21)36-26(28)15-30/h3-14H,16H2,1-2H3,(H,32,33). The van der Waals surface area contributed by atoms with E-state index in [4.69, 9.17) is 14.1 Å². The Balaban J connectivity index is 1.41. The molecule has 2 aromatic heterocycles. The van der Waals surface area contributed by atoms with Crippen molar-refractivity contribution >= 4 is 39.4 Å². The molecule has 7 heteroatoms. The fraction of sp³-hybridized carbons (Fsp3) is 0.103. The van der Waals surface area contributed by atoms with Crippen LogP contribution in [0.15, 0.2) is 77.2 Å². The van der Waals surface area contributed by atoms with Crippen LogP contribution in [0.3, 0.4) is 0 Å². The van der Waals surface area contributed by atoms with Gasteiger partial charge in [-0.3, -0.25) is 4.79 Å². The second-order valence-electron chi connectivity index (χ2n) is 8.43. The van der Waals surface area contributed by atoms with Crippen molar-refractivity contribution in [3.8, 4) is 17.3 Å². The molecule has 0 radical (unpaired) electrons. The van der Waals surface area contributed by atoms with Gasteiger partial charge in [0.25, 0.3) is 5.91 Å². The van der Waals surface area contributed by atoms with Crippen molar-refractivity contribution in [2.24, 2.45) is 0 Å². The lowest BCUT2D eigenvalue weighted by atomic mass is 9.99. The van der Waals surface area contributed by atoms with E-state index in [1.54, 1.807) is 36.4 Å². The molecule has 0 spiro atoms. The van der Waals surface area contributed by atoms with Crippen molar-refractivity contribution in [2.75, 3.05) is 11.9 Å². The highest BCUT2D eigenvalue weighted by Gasteiger charge is 2.20. The zero-order valence-electron chi connectivity index (χ0n) is 19.7. The number of carbonyl (C=O) groups is 2. The third kappa shape index (κ3) is 4.28. The van der Waals surface area contributed by atoms with E-state index in [-0.39, 0.29) is 11.4 Å². The smallest absolute Gasteiger partial charge is 0.339 e. The monoisotopic (exact) mass is 475 g/mol. The molecule has 1 N–H and O–H groups in total. The predicted octanol–water partition coefficient (Wildman–Crippen LogP) is 5.93. The van der Waals surface area contributed by atoms with Gasteiger partial charge in [-0.15, -0.1) is 0 Å². The first-order valence-corrected chi connectivity index (χ1v) is 11.3. The predicted molar refractivity (Wildman–Crippen MR) is 136 cm³/mol. The van der Waals surface area contributed by atoms with Crippen molar-refractivity contribution < 1.29 is 18.7 Å². The lowest BCUT2D eigenvalue weighted by Gasteiger charge is -2.12. The Bertz CT molecular complexity index is 1690. The molecule has 0 unspecified atom stereocenters. The van der Waals surface area contributed by atoms with Crippen molar-refractivity contribution in [2.45, 2.75) is 13.8 Å². The van der Waals surface area contributed by atoms with Gasteiger partial charge in [0.05, 0.1) is 16.8 Å². The van der Waals surface area contributed by atoms with Crippen LogP contribution in [0, 0.1) is 25.2 Å². The first-order chi connectivity index (χ1) is 17.4. The molecule has 0 atom stereocenters. The second kappa shape index (κ2) is 9.35. The van der Waals surface area contributed by atoms with Gasteiger partial charge in [0.2, 0.25) is 5.76 Å². The number of carbonyl (C=O) groups excluding carboxylic acids is 2. The number of fused-ring (bicyclic) bond motifs is 2. The van der Waals surface area contributed by atoms with Gasteiger partial charge in [-0.2, -0.15) is 5.26 Å². The van der Waals surface area contributed by atoms with E-state index >= 15 is 0 Å². The number of hydrogen-bond acceptors (Lipinski definition) is 6. The minimum atomic E-state index is -0.646. The lowest BCUT2D eigenvalue weighted by molar-refractivity contribution is -0.119. The van der Waals surface area contributed by atoms with Crippen LogP contribution in [0.4, 0.5) is 5.69 Å². The quantitative estimate of drug-likeness (QED) is 0.316. The number of amides is 1. The number of hydrogen-bond donors (Lipinski definition) is 1. The van der Waals surface area contributed by atoms with E-state index < -0.39 is 18.5 Å². The van der Waals surface area contributed by atoms with Gasteiger partial charge < -0.3 is 14.5 Å². The van der Waals surface area contributed by atoms with E-state index in [2.05, 4.69) is 11.4 Å². The maximum absolute atomic E-state index is 13.1. The first kappa shape index (κ1) is 22.8. The van der Waals surface area contributed by atoms with E-state index in [1.807, 2.05) is 50.2 Å². The molecule has 5 rings (SSSR count). The van der Waals surface area contributed by atoms with Gasteiger partial charge in [-0.1, -0.05) is 54.1 Å². The molecule has 5 aromatic rings. The third-order valence-corrected chi connectivity index (χ3v) is 5.89. The number of nitrogens with one attached hydrogen (secondary N) is 1. The molecule has 1 amide bonds. The number of nitriles is 1. The van der Waals surface area contributed by atoms with Gasteiger partial charge >= 0.3 is 5.97 Å². The minimum absolute atomic E-state index is 0.0193. The molecule has 0 aliphatic heterocycles. The number of aryl methyl sites for hydroxylation is 2. The zero-order chi connectivity index (χ0) is 25.2. The van der Waals surface area contributed by atoms with Crippen LogP contribution in [-0.4, -0.2) is 23.5 Å². The fourth-order valence-electron chi connectivity index (χ4n) is 4.22. The van der Waals surface area contributed by atoms with Crippen LogP contribution in [0.2, 0.25) is 0 Å². The zero-order valence-corrected chi connectivity index (χ0v) is 19.7. The van der Waals surface area contributed by atoms with E-state index in [9.17, 15) is 14.9 Å². The Morgan fingerprint density at radius 3 is 2.53 bits per heavy atom. The number of anilines is 1. The Morgan fingerprint density at radius 1 is 1.00 bits per heavy atom. The molecule has 176 valence electrons. The summed E-state index contributed by atoms with van der Waals surface area (Å²) in [5.74, 6) is -1.25. The number of nitrogens with zero attached hydrogens (tertiary/aromatic N) is 2. The molecule has 0 fully saturated rings. The van der Waals surface area contributed by atoms with Gasteiger partial charge in [0.1, 0.15) is 17.3 Å². The van der Waals surface area contributed by atoms with Crippen molar-refractivity contribution in [1.29, 1.82) is 5.26 Å². The van der Waals surface area contributed by atoms with Crippen LogP contribution in [0.25, 0.3) is 33.1 Å². The average molecular weight is 476 g/mol. The molecule has 0 saturated heterocycles. The van der Waals surface area contributed by atoms with Crippen LogP contribution >= 0.6 is 0 Å². The number of esters is 1. The number of benzene rings is 3. The Hall–Kier alpha value is -4.96. The van der Waals surface area contributed by atoms with Gasteiger partial charge in [-0.25, -0.2) is 9.78 Å². The highest BCUT2D eigenvalue weighted by molar-refractivity contribution is 6.07. The molecule has 2 heterocycles. The average Bonchev–Trinajstić information content (AvgIpc) is 3.24. The maximum Gasteiger partial charge on any atom is 0.339 e. The highest BCUT2D eigenvalue weighted by atomic mass is 16.5. The summed E-state index contributed by atoms with van der Waals surface area (Å²) in [5, 5.41) is 13.2. The number of pyridine rings is 1. The maximum atomic E-state index is 13.1. The van der Waals surface area contributed by atoms with Crippen molar-refractivity contribution in [1.82, 2.24) is 4.98 Å². The SMILES string of the molecule is Cc1ccc(-c2cc(C(=O)OCC(=O)Nc3c(C#N)oc4ccccc34)c3ccccc3n2)c(C)c1. The Labute approximate surface area is 206 Å². The summed E-state index contributed by atoms with van der Waals surface area (Å²) in [6.07, 6.45) is 0. The normalized spacial score (nSPS) is 10.8. The Morgan fingerprint density at radius 2 is 1.75 bits per heavy atom. The number of para-hydroxylation sites is 2. The number of ether oxygens (including phenoxy) is 1. The summed E-state index contributed by atoms with van der Waals surface area (Å²) in [4.78, 5) is 30.5. The van der Waals surface area contributed by atoms with E-state index in [1.165, 1.54) is 0 Å². The summed E-state index contributed by atoms with van der Waals surface area (Å²) < 4.78 is 10.9. The summed E-state index contributed by atoms with van der Waals surface area (Å²) in [7, 11) is 0. The van der Waals surface area contributed by atoms with Crippen LogP contribution in [0.1, 0.15) is 27.2 Å².